The van der Waals surface area contributed by atoms with Gasteiger partial charge in [-0.3, -0.25) is 4.68 Å². The quantitative estimate of drug-likeness (QED) is 0.748. The minimum Gasteiger partial charge on any atom is -0.311 e. The number of aromatic nitrogens is 2. The van der Waals surface area contributed by atoms with Gasteiger partial charge in [0.1, 0.15) is 0 Å². The topological polar surface area (TPSA) is 29.9 Å². The fourth-order valence-electron chi connectivity index (χ4n) is 2.46. The summed E-state index contributed by atoms with van der Waals surface area (Å²) in [6, 6.07) is 10.7. The van der Waals surface area contributed by atoms with Crippen LogP contribution in [0.5, 0.6) is 0 Å². The zero-order valence-electron chi connectivity index (χ0n) is 12.5. The maximum Gasteiger partial charge on any atom is 0.0677 e. The summed E-state index contributed by atoms with van der Waals surface area (Å²) in [5, 5.41) is 11.6. The van der Waals surface area contributed by atoms with E-state index in [4.69, 9.17) is 0 Å². The summed E-state index contributed by atoms with van der Waals surface area (Å²) in [6.45, 7) is 7.20. The lowest BCUT2D eigenvalue weighted by Gasteiger charge is -2.10. The number of thiophene rings is 1. The van der Waals surface area contributed by atoms with Crippen LogP contribution in [0.25, 0.3) is 10.1 Å². The molecular formula is C17H21N3S. The highest BCUT2D eigenvalue weighted by molar-refractivity contribution is 7.17. The number of hydrogen-bond donors (Lipinski definition) is 1. The third kappa shape index (κ3) is 3.34. The number of nitrogens with one attached hydrogen (secondary N) is 1. The predicted octanol–water partition coefficient (Wildman–Crippen LogP) is 3.89. The van der Waals surface area contributed by atoms with Gasteiger partial charge in [0.2, 0.25) is 0 Å². The maximum absolute atomic E-state index is 4.48. The number of hydrogen-bond acceptors (Lipinski definition) is 3. The summed E-state index contributed by atoms with van der Waals surface area (Å²) in [5.41, 5.74) is 2.59. The second-order valence-corrected chi connectivity index (χ2v) is 6.67. The van der Waals surface area contributed by atoms with Crippen molar-refractivity contribution in [3.8, 4) is 0 Å². The first kappa shape index (κ1) is 14.3. The Balaban J connectivity index is 1.75. The van der Waals surface area contributed by atoms with Crippen LogP contribution in [0, 0.1) is 5.92 Å². The number of nitrogens with zero attached hydrogens (tertiary/aromatic N) is 2. The summed E-state index contributed by atoms with van der Waals surface area (Å²) < 4.78 is 3.45. The van der Waals surface area contributed by atoms with Gasteiger partial charge in [0.05, 0.1) is 12.2 Å². The summed E-state index contributed by atoms with van der Waals surface area (Å²) in [6.07, 6.45) is 1.89. The van der Waals surface area contributed by atoms with Gasteiger partial charge in [-0.05, 0) is 40.9 Å². The average molecular weight is 299 g/mol. The maximum atomic E-state index is 4.48. The van der Waals surface area contributed by atoms with Gasteiger partial charge in [0.15, 0.2) is 0 Å². The molecule has 0 saturated carbocycles. The predicted molar refractivity (Wildman–Crippen MR) is 89.7 cm³/mol. The molecule has 110 valence electrons. The van der Waals surface area contributed by atoms with Crippen LogP contribution in [0.3, 0.4) is 0 Å². The van der Waals surface area contributed by atoms with Crippen molar-refractivity contribution in [3.05, 3.63) is 53.2 Å². The van der Waals surface area contributed by atoms with Crippen LogP contribution < -0.4 is 5.32 Å². The van der Waals surface area contributed by atoms with E-state index in [-0.39, 0.29) is 0 Å². The van der Waals surface area contributed by atoms with Crippen molar-refractivity contribution in [1.29, 1.82) is 0 Å². The Morgan fingerprint density at radius 3 is 2.95 bits per heavy atom. The molecule has 2 aromatic heterocycles. The van der Waals surface area contributed by atoms with Gasteiger partial charge in [-0.25, -0.2) is 0 Å². The van der Waals surface area contributed by atoms with Gasteiger partial charge in [-0.1, -0.05) is 32.0 Å². The summed E-state index contributed by atoms with van der Waals surface area (Å²) in [4.78, 5) is 0. The fourth-order valence-corrected chi connectivity index (χ4v) is 3.41. The Kier molecular flexibility index (Phi) is 4.36. The summed E-state index contributed by atoms with van der Waals surface area (Å²) >= 11 is 1.81. The number of benzene rings is 1. The van der Waals surface area contributed by atoms with Crippen LogP contribution in [0.1, 0.15) is 25.1 Å². The van der Waals surface area contributed by atoms with Crippen molar-refractivity contribution in [2.45, 2.75) is 26.9 Å². The first-order valence-corrected chi connectivity index (χ1v) is 8.28. The van der Waals surface area contributed by atoms with E-state index in [0.29, 0.717) is 5.92 Å². The molecule has 21 heavy (non-hydrogen) atoms. The number of rotatable bonds is 6. The minimum absolute atomic E-state index is 0.669. The molecular weight excluding hydrogens is 278 g/mol. The van der Waals surface area contributed by atoms with Crippen LogP contribution in [0.2, 0.25) is 0 Å². The highest BCUT2D eigenvalue weighted by Crippen LogP contribution is 2.26. The lowest BCUT2D eigenvalue weighted by molar-refractivity contribution is 0.530. The Morgan fingerprint density at radius 2 is 2.10 bits per heavy atom. The van der Waals surface area contributed by atoms with Gasteiger partial charge in [-0.15, -0.1) is 11.3 Å². The lowest BCUT2D eigenvalue weighted by atomic mass is 10.2. The molecule has 1 aromatic carbocycles. The molecule has 0 aliphatic carbocycles. The molecule has 3 nitrogen and oxygen atoms in total. The molecule has 3 rings (SSSR count). The SMILES string of the molecule is CC(C)CNCc1ccnn1Cc1csc2ccccc12. The standard InChI is InChI=1S/C17H21N3S/c1-13(2)9-18-10-15-7-8-19-20(15)11-14-12-21-17-6-4-3-5-16(14)17/h3-8,12-13,18H,9-11H2,1-2H3. The van der Waals surface area contributed by atoms with Crippen LogP contribution >= 0.6 is 11.3 Å². The molecule has 0 aliphatic heterocycles. The van der Waals surface area contributed by atoms with Crippen molar-refractivity contribution < 1.29 is 0 Å². The Bertz CT molecular complexity index is 711. The molecule has 0 radical (unpaired) electrons. The zero-order chi connectivity index (χ0) is 14.7. The van der Waals surface area contributed by atoms with Crippen molar-refractivity contribution in [3.63, 3.8) is 0 Å². The lowest BCUT2D eigenvalue weighted by Crippen LogP contribution is -2.21. The summed E-state index contributed by atoms with van der Waals surface area (Å²) in [5.74, 6) is 0.669. The highest BCUT2D eigenvalue weighted by Gasteiger charge is 2.07. The molecule has 4 heteroatoms. The Hall–Kier alpha value is -1.65. The minimum atomic E-state index is 0.669. The molecule has 2 heterocycles. The molecule has 0 bridgehead atoms. The van der Waals surface area contributed by atoms with E-state index in [1.54, 1.807) is 11.3 Å². The fraction of sp³-hybridized carbons (Fsp3) is 0.353. The summed E-state index contributed by atoms with van der Waals surface area (Å²) in [7, 11) is 0. The molecule has 0 amide bonds. The van der Waals surface area contributed by atoms with Crippen LogP contribution in [-0.4, -0.2) is 16.3 Å². The monoisotopic (exact) mass is 299 g/mol. The van der Waals surface area contributed by atoms with Crippen LogP contribution in [-0.2, 0) is 13.1 Å². The van der Waals surface area contributed by atoms with Crippen molar-refractivity contribution in [1.82, 2.24) is 15.1 Å². The Labute approximate surface area is 129 Å². The van der Waals surface area contributed by atoms with E-state index in [1.165, 1.54) is 21.3 Å². The zero-order valence-corrected chi connectivity index (χ0v) is 13.4. The molecule has 0 fully saturated rings. The van der Waals surface area contributed by atoms with E-state index in [9.17, 15) is 0 Å². The van der Waals surface area contributed by atoms with Crippen molar-refractivity contribution in [2.75, 3.05) is 6.54 Å². The second kappa shape index (κ2) is 6.41. The van der Waals surface area contributed by atoms with Crippen LogP contribution in [0.4, 0.5) is 0 Å². The van der Waals surface area contributed by atoms with E-state index in [1.807, 2.05) is 6.20 Å². The van der Waals surface area contributed by atoms with Gasteiger partial charge >= 0.3 is 0 Å². The third-order valence-electron chi connectivity index (χ3n) is 3.54. The van der Waals surface area contributed by atoms with Gasteiger partial charge in [0, 0.05) is 17.4 Å². The molecule has 0 aliphatic rings. The van der Waals surface area contributed by atoms with Gasteiger partial charge in [-0.2, -0.15) is 5.10 Å². The molecule has 0 spiro atoms. The van der Waals surface area contributed by atoms with Crippen LogP contribution in [0.15, 0.2) is 41.9 Å². The van der Waals surface area contributed by atoms with E-state index in [2.05, 4.69) is 64.7 Å². The molecule has 1 N–H and O–H groups in total. The van der Waals surface area contributed by atoms with E-state index in [0.717, 1.165) is 19.6 Å². The first-order valence-electron chi connectivity index (χ1n) is 7.40. The first-order chi connectivity index (χ1) is 10.2. The average Bonchev–Trinajstić information content (AvgIpc) is 3.07. The highest BCUT2D eigenvalue weighted by atomic mass is 32.1. The third-order valence-corrected chi connectivity index (χ3v) is 4.56. The van der Waals surface area contributed by atoms with Crippen molar-refractivity contribution in [2.24, 2.45) is 5.92 Å². The molecule has 0 unspecified atom stereocenters. The van der Waals surface area contributed by atoms with Gasteiger partial charge in [0.25, 0.3) is 0 Å². The smallest absolute Gasteiger partial charge is 0.0677 e. The molecule has 0 saturated heterocycles. The van der Waals surface area contributed by atoms with Gasteiger partial charge < -0.3 is 5.32 Å². The number of fused-ring (bicyclic) bond motifs is 1. The Morgan fingerprint density at radius 1 is 1.24 bits per heavy atom. The van der Waals surface area contributed by atoms with E-state index < -0.39 is 0 Å². The van der Waals surface area contributed by atoms with Crippen molar-refractivity contribution >= 4 is 21.4 Å². The largest absolute Gasteiger partial charge is 0.311 e. The second-order valence-electron chi connectivity index (χ2n) is 5.76. The normalized spacial score (nSPS) is 11.6. The molecule has 0 atom stereocenters. The van der Waals surface area contributed by atoms with E-state index >= 15 is 0 Å². The molecule has 3 aromatic rings.